The summed E-state index contributed by atoms with van der Waals surface area (Å²) >= 11 is 6.04. The highest BCUT2D eigenvalue weighted by molar-refractivity contribution is 7.89. The molecule has 1 saturated carbocycles. The van der Waals surface area contributed by atoms with E-state index in [0.717, 1.165) is 37.8 Å². The summed E-state index contributed by atoms with van der Waals surface area (Å²) in [6.07, 6.45) is 6.31. The van der Waals surface area contributed by atoms with Gasteiger partial charge in [-0.05, 0) is 87.8 Å². The molecule has 3 aliphatic rings. The maximum absolute atomic E-state index is 16.2. The Balaban J connectivity index is 1.46. The van der Waals surface area contributed by atoms with Crippen LogP contribution < -0.4 is 19.9 Å². The van der Waals surface area contributed by atoms with Crippen molar-refractivity contribution in [1.29, 1.82) is 0 Å². The molecule has 12 heteroatoms. The number of carbonyl (C=O) groups is 1. The first kappa shape index (κ1) is 29.0. The van der Waals surface area contributed by atoms with Crippen molar-refractivity contribution >= 4 is 27.5 Å². The highest BCUT2D eigenvalue weighted by Crippen LogP contribution is 2.41. The third-order valence-corrected chi connectivity index (χ3v) is 9.93. The lowest BCUT2D eigenvalue weighted by atomic mass is 9.94. The van der Waals surface area contributed by atoms with Gasteiger partial charge in [0.05, 0.1) is 23.1 Å². The van der Waals surface area contributed by atoms with Gasteiger partial charge >= 0.3 is 0 Å². The number of amides is 1. The molecule has 1 aliphatic carbocycles. The van der Waals surface area contributed by atoms with Crippen molar-refractivity contribution in [3.05, 3.63) is 53.1 Å². The molecule has 8 nitrogen and oxygen atoms in total. The Labute approximate surface area is 238 Å². The zero-order valence-corrected chi connectivity index (χ0v) is 23.8. The number of fused-ring (bicyclic) bond motifs is 2. The average Bonchev–Trinajstić information content (AvgIpc) is 3.53. The second-order valence-electron chi connectivity index (χ2n) is 10.9. The van der Waals surface area contributed by atoms with E-state index in [2.05, 4.69) is 4.72 Å². The van der Waals surface area contributed by atoms with E-state index in [-0.39, 0.29) is 39.9 Å². The van der Waals surface area contributed by atoms with Crippen LogP contribution >= 0.6 is 11.6 Å². The number of piperidine rings is 1. The normalized spacial score (nSPS) is 24.2. The number of nitrogens with one attached hydrogen (secondary N) is 1. The molecule has 0 aromatic heterocycles. The minimum atomic E-state index is -4.54. The standard InChI is InChI=1S/C28H34ClF2N3O5S/c1-38-25-14-17(6-13-24(25)29)28(30,31)26(27(35)34-19-7-8-20(34)16-18(32)15-19)33-40(36,37)23-11-9-22(10-12-23)39-21-4-2-3-5-21/h6,9-14,18-21,26,33H,2-5,7-8,15-16,32H2,1H3/t18?,19?,20?,26-/m1/s1. The molecule has 2 bridgehead atoms. The predicted octanol–water partition coefficient (Wildman–Crippen LogP) is 4.59. The van der Waals surface area contributed by atoms with E-state index >= 15 is 8.78 Å². The summed E-state index contributed by atoms with van der Waals surface area (Å²) in [4.78, 5) is 15.0. The lowest BCUT2D eigenvalue weighted by molar-refractivity contribution is -0.149. The molecule has 3 atom stereocenters. The van der Waals surface area contributed by atoms with Crippen LogP contribution in [0.25, 0.3) is 0 Å². The highest BCUT2D eigenvalue weighted by atomic mass is 35.5. The van der Waals surface area contributed by atoms with Gasteiger partial charge in [0.15, 0.2) is 6.04 Å². The van der Waals surface area contributed by atoms with Gasteiger partial charge in [0.2, 0.25) is 15.9 Å². The second-order valence-corrected chi connectivity index (χ2v) is 13.0. The number of rotatable bonds is 9. The zero-order chi connectivity index (χ0) is 28.7. The largest absolute Gasteiger partial charge is 0.495 e. The third-order valence-electron chi connectivity index (χ3n) is 8.18. The van der Waals surface area contributed by atoms with Crippen LogP contribution in [0.3, 0.4) is 0 Å². The van der Waals surface area contributed by atoms with Crippen molar-refractivity contribution in [2.45, 2.75) is 92.5 Å². The maximum atomic E-state index is 16.2. The summed E-state index contributed by atoms with van der Waals surface area (Å²) in [7, 11) is -3.26. The van der Waals surface area contributed by atoms with E-state index in [0.29, 0.717) is 31.4 Å². The van der Waals surface area contributed by atoms with Crippen LogP contribution in [-0.2, 0) is 20.7 Å². The molecule has 2 aromatic carbocycles. The molecule has 1 amide bonds. The summed E-state index contributed by atoms with van der Waals surface area (Å²) in [5, 5.41) is 0.105. The maximum Gasteiger partial charge on any atom is 0.298 e. The molecule has 218 valence electrons. The van der Waals surface area contributed by atoms with Crippen LogP contribution in [0.5, 0.6) is 11.5 Å². The lowest BCUT2D eigenvalue weighted by Gasteiger charge is -2.41. The van der Waals surface area contributed by atoms with Crippen molar-refractivity contribution in [1.82, 2.24) is 9.62 Å². The van der Waals surface area contributed by atoms with Crippen molar-refractivity contribution in [3.8, 4) is 11.5 Å². The number of ether oxygens (including phenoxy) is 2. The molecule has 40 heavy (non-hydrogen) atoms. The van der Waals surface area contributed by atoms with E-state index in [1.807, 2.05) is 0 Å². The Kier molecular flexibility index (Phi) is 8.29. The first-order valence-corrected chi connectivity index (χ1v) is 15.4. The summed E-state index contributed by atoms with van der Waals surface area (Å²) in [5.41, 5.74) is 5.52. The summed E-state index contributed by atoms with van der Waals surface area (Å²) < 4.78 is 72.4. The van der Waals surface area contributed by atoms with Gasteiger partial charge in [-0.15, -0.1) is 0 Å². The molecule has 3 fully saturated rings. The van der Waals surface area contributed by atoms with Crippen LogP contribution in [-0.4, -0.2) is 56.6 Å². The number of sulfonamides is 1. The van der Waals surface area contributed by atoms with Crippen molar-refractivity contribution in [2.75, 3.05) is 7.11 Å². The number of nitrogens with two attached hydrogens (primary N) is 1. The molecule has 2 heterocycles. The molecule has 2 saturated heterocycles. The minimum absolute atomic E-state index is 0.0187. The topological polar surface area (TPSA) is 111 Å². The van der Waals surface area contributed by atoms with E-state index in [1.54, 1.807) is 0 Å². The van der Waals surface area contributed by atoms with Gasteiger partial charge in [-0.1, -0.05) is 17.7 Å². The molecule has 0 spiro atoms. The number of methoxy groups -OCH3 is 1. The zero-order valence-electron chi connectivity index (χ0n) is 22.2. The number of carbonyl (C=O) groups excluding carboxylic acids is 1. The molecular formula is C28H34ClF2N3O5S. The summed E-state index contributed by atoms with van der Waals surface area (Å²) in [6.45, 7) is 0. The number of nitrogens with zero attached hydrogens (tertiary/aromatic N) is 1. The quantitative estimate of drug-likeness (QED) is 0.437. The summed E-state index contributed by atoms with van der Waals surface area (Å²) in [5.74, 6) is -4.44. The molecule has 2 aromatic rings. The smallest absolute Gasteiger partial charge is 0.298 e. The van der Waals surface area contributed by atoms with Gasteiger partial charge < -0.3 is 20.1 Å². The molecule has 0 radical (unpaired) electrons. The number of alkyl halides is 2. The Morgan fingerprint density at radius 1 is 1.07 bits per heavy atom. The van der Waals surface area contributed by atoms with Gasteiger partial charge in [0, 0.05) is 23.7 Å². The van der Waals surface area contributed by atoms with Crippen LogP contribution in [0.2, 0.25) is 5.02 Å². The van der Waals surface area contributed by atoms with E-state index < -0.39 is 33.5 Å². The third kappa shape index (κ3) is 5.79. The van der Waals surface area contributed by atoms with Crippen LogP contribution in [0, 0.1) is 0 Å². The monoisotopic (exact) mass is 597 g/mol. The van der Waals surface area contributed by atoms with E-state index in [4.69, 9.17) is 26.8 Å². The fourth-order valence-electron chi connectivity index (χ4n) is 6.16. The Hall–Kier alpha value is -2.47. The number of hydrogen-bond donors (Lipinski definition) is 2. The van der Waals surface area contributed by atoms with Crippen LogP contribution in [0.15, 0.2) is 47.4 Å². The van der Waals surface area contributed by atoms with E-state index in [9.17, 15) is 13.2 Å². The lowest BCUT2D eigenvalue weighted by Crippen LogP contribution is -2.60. The molecule has 2 unspecified atom stereocenters. The second kappa shape index (κ2) is 11.4. The SMILES string of the molecule is COc1cc(C(F)(F)[C@H](NS(=O)(=O)c2ccc(OC3CCCC3)cc2)C(=O)N2C3CCC2CC(N)C3)ccc1Cl. The van der Waals surface area contributed by atoms with Gasteiger partial charge in [0.25, 0.3) is 5.92 Å². The van der Waals surface area contributed by atoms with Crippen molar-refractivity contribution < 1.29 is 31.5 Å². The van der Waals surface area contributed by atoms with Crippen LogP contribution in [0.4, 0.5) is 8.78 Å². The average molecular weight is 598 g/mol. The van der Waals surface area contributed by atoms with Gasteiger partial charge in [-0.3, -0.25) is 4.79 Å². The fourth-order valence-corrected chi connectivity index (χ4v) is 7.54. The first-order valence-electron chi connectivity index (χ1n) is 13.6. The number of hydrogen-bond acceptors (Lipinski definition) is 6. The Morgan fingerprint density at radius 3 is 2.30 bits per heavy atom. The van der Waals surface area contributed by atoms with Crippen molar-refractivity contribution in [2.24, 2.45) is 5.73 Å². The van der Waals surface area contributed by atoms with Gasteiger partial charge in [-0.2, -0.15) is 13.5 Å². The Morgan fingerprint density at radius 2 is 1.70 bits per heavy atom. The Bertz CT molecular complexity index is 1320. The molecular weight excluding hydrogens is 564 g/mol. The number of halogens is 3. The van der Waals surface area contributed by atoms with E-state index in [1.165, 1.54) is 42.3 Å². The van der Waals surface area contributed by atoms with Crippen molar-refractivity contribution in [3.63, 3.8) is 0 Å². The van der Waals surface area contributed by atoms with Crippen LogP contribution in [0.1, 0.15) is 56.9 Å². The van der Waals surface area contributed by atoms with Gasteiger partial charge in [0.1, 0.15) is 11.5 Å². The minimum Gasteiger partial charge on any atom is -0.495 e. The predicted molar refractivity (Wildman–Crippen MR) is 146 cm³/mol. The van der Waals surface area contributed by atoms with Gasteiger partial charge in [-0.25, -0.2) is 8.42 Å². The molecule has 3 N–H and O–H groups in total. The fraction of sp³-hybridized carbons (Fsp3) is 0.536. The first-order chi connectivity index (χ1) is 19.0. The molecule has 2 aliphatic heterocycles. The number of benzene rings is 2. The summed E-state index contributed by atoms with van der Waals surface area (Å²) in [6, 6.07) is 5.71. The highest BCUT2D eigenvalue weighted by Gasteiger charge is 2.53. The molecule has 5 rings (SSSR count).